The zero-order valence-electron chi connectivity index (χ0n) is 13.2. The largest absolute Gasteiger partial charge is 0.454 e. The van der Waals surface area contributed by atoms with Crippen molar-refractivity contribution in [3.8, 4) is 11.5 Å². The monoisotopic (exact) mass is 315 g/mol. The van der Waals surface area contributed by atoms with Gasteiger partial charge in [-0.3, -0.25) is 4.90 Å². The highest BCUT2D eigenvalue weighted by atomic mass is 19.1. The van der Waals surface area contributed by atoms with Gasteiger partial charge >= 0.3 is 0 Å². The minimum absolute atomic E-state index is 0.292. The molecule has 122 valence electrons. The Bertz CT molecular complexity index is 612. The molecule has 0 spiro atoms. The van der Waals surface area contributed by atoms with Crippen LogP contribution in [-0.2, 0) is 11.2 Å². The van der Waals surface area contributed by atoms with Crippen molar-refractivity contribution in [2.24, 2.45) is 0 Å². The van der Waals surface area contributed by atoms with Crippen LogP contribution in [0.15, 0.2) is 48.5 Å². The van der Waals surface area contributed by atoms with E-state index in [4.69, 9.17) is 9.47 Å². The summed E-state index contributed by atoms with van der Waals surface area (Å²) in [7, 11) is 0. The first-order valence-corrected chi connectivity index (χ1v) is 8.13. The molecule has 1 aliphatic heterocycles. The number of nitrogens with zero attached hydrogens (tertiary/aromatic N) is 1. The average molecular weight is 315 g/mol. The van der Waals surface area contributed by atoms with Crippen LogP contribution in [0, 0.1) is 5.82 Å². The molecule has 4 heteroatoms. The number of halogens is 1. The zero-order valence-corrected chi connectivity index (χ0v) is 13.2. The Labute approximate surface area is 136 Å². The van der Waals surface area contributed by atoms with Crippen LogP contribution in [-0.4, -0.2) is 37.7 Å². The lowest BCUT2D eigenvalue weighted by Gasteiger charge is -2.26. The summed E-state index contributed by atoms with van der Waals surface area (Å²) in [5.41, 5.74) is 1.10. The number of rotatable bonds is 6. The minimum Gasteiger partial charge on any atom is -0.454 e. The van der Waals surface area contributed by atoms with Crippen LogP contribution in [0.3, 0.4) is 0 Å². The summed E-state index contributed by atoms with van der Waals surface area (Å²) in [6.07, 6.45) is 1.97. The summed E-state index contributed by atoms with van der Waals surface area (Å²) in [6.45, 7) is 4.71. The molecule has 0 amide bonds. The van der Waals surface area contributed by atoms with E-state index in [1.807, 2.05) is 42.5 Å². The molecule has 0 unspecified atom stereocenters. The van der Waals surface area contributed by atoms with Crippen LogP contribution >= 0.6 is 0 Å². The van der Waals surface area contributed by atoms with Crippen LogP contribution in [0.25, 0.3) is 0 Å². The standard InChI is InChI=1S/C19H22FNO2/c20-18-9-8-16(5-4-10-21-11-13-22-14-12-21)15-19(18)23-17-6-2-1-3-7-17/h1-3,6-9,15H,4-5,10-14H2. The first-order valence-electron chi connectivity index (χ1n) is 8.13. The quantitative estimate of drug-likeness (QED) is 0.807. The molecule has 0 radical (unpaired) electrons. The van der Waals surface area contributed by atoms with Gasteiger partial charge in [-0.05, 0) is 49.2 Å². The van der Waals surface area contributed by atoms with Crippen molar-refractivity contribution >= 4 is 0 Å². The molecule has 1 saturated heterocycles. The van der Waals surface area contributed by atoms with Crippen LogP contribution in [0.4, 0.5) is 4.39 Å². The Morgan fingerprint density at radius 3 is 2.61 bits per heavy atom. The maximum Gasteiger partial charge on any atom is 0.165 e. The summed E-state index contributed by atoms with van der Waals surface area (Å²) >= 11 is 0. The van der Waals surface area contributed by atoms with Gasteiger partial charge in [0, 0.05) is 13.1 Å². The van der Waals surface area contributed by atoms with Gasteiger partial charge in [0.1, 0.15) is 5.75 Å². The maximum absolute atomic E-state index is 13.9. The van der Waals surface area contributed by atoms with Crippen molar-refractivity contribution in [3.63, 3.8) is 0 Å². The Morgan fingerprint density at radius 1 is 1.04 bits per heavy atom. The van der Waals surface area contributed by atoms with Gasteiger partial charge in [-0.1, -0.05) is 24.3 Å². The van der Waals surface area contributed by atoms with Gasteiger partial charge in [-0.2, -0.15) is 0 Å². The minimum atomic E-state index is -0.328. The second kappa shape index (κ2) is 8.09. The number of ether oxygens (including phenoxy) is 2. The topological polar surface area (TPSA) is 21.7 Å². The lowest BCUT2D eigenvalue weighted by Crippen LogP contribution is -2.36. The molecular weight excluding hydrogens is 293 g/mol. The molecule has 0 aliphatic carbocycles. The fourth-order valence-corrected chi connectivity index (χ4v) is 2.73. The number of morpholine rings is 1. The molecule has 0 saturated carbocycles. The SMILES string of the molecule is Fc1ccc(CCCN2CCOCC2)cc1Oc1ccccc1. The highest BCUT2D eigenvalue weighted by Gasteiger charge is 2.10. The molecule has 0 bridgehead atoms. The number of hydrogen-bond donors (Lipinski definition) is 0. The lowest BCUT2D eigenvalue weighted by molar-refractivity contribution is 0.0374. The summed E-state index contributed by atoms with van der Waals surface area (Å²) in [5, 5.41) is 0. The Morgan fingerprint density at radius 2 is 1.83 bits per heavy atom. The van der Waals surface area contributed by atoms with Gasteiger partial charge in [0.2, 0.25) is 0 Å². The van der Waals surface area contributed by atoms with Gasteiger partial charge in [0.25, 0.3) is 0 Å². The van der Waals surface area contributed by atoms with Crippen molar-refractivity contribution in [3.05, 3.63) is 59.9 Å². The fourth-order valence-electron chi connectivity index (χ4n) is 2.73. The molecule has 0 atom stereocenters. The Balaban J connectivity index is 1.56. The van der Waals surface area contributed by atoms with Crippen LogP contribution in [0.2, 0.25) is 0 Å². The molecule has 3 nitrogen and oxygen atoms in total. The first kappa shape index (κ1) is 16.0. The fraction of sp³-hybridized carbons (Fsp3) is 0.368. The van der Waals surface area contributed by atoms with Gasteiger partial charge in [-0.15, -0.1) is 0 Å². The molecule has 3 rings (SSSR count). The molecular formula is C19H22FNO2. The molecule has 2 aromatic rings. The van der Waals surface area contributed by atoms with E-state index in [2.05, 4.69) is 4.90 Å². The van der Waals surface area contributed by atoms with E-state index in [0.717, 1.165) is 51.3 Å². The predicted molar refractivity (Wildman–Crippen MR) is 88.5 cm³/mol. The van der Waals surface area contributed by atoms with E-state index in [1.165, 1.54) is 6.07 Å². The maximum atomic E-state index is 13.9. The van der Waals surface area contributed by atoms with E-state index < -0.39 is 0 Å². The van der Waals surface area contributed by atoms with Crippen LogP contribution in [0.1, 0.15) is 12.0 Å². The molecule has 2 aromatic carbocycles. The van der Waals surface area contributed by atoms with Crippen molar-refractivity contribution in [1.29, 1.82) is 0 Å². The lowest BCUT2D eigenvalue weighted by atomic mass is 10.1. The van der Waals surface area contributed by atoms with Crippen molar-refractivity contribution in [1.82, 2.24) is 4.90 Å². The van der Waals surface area contributed by atoms with Crippen molar-refractivity contribution in [2.45, 2.75) is 12.8 Å². The third-order valence-corrected chi connectivity index (χ3v) is 4.01. The third-order valence-electron chi connectivity index (χ3n) is 4.01. The first-order chi connectivity index (χ1) is 11.3. The van der Waals surface area contributed by atoms with Gasteiger partial charge in [0.05, 0.1) is 13.2 Å². The number of hydrogen-bond acceptors (Lipinski definition) is 3. The van der Waals surface area contributed by atoms with Crippen molar-refractivity contribution in [2.75, 3.05) is 32.8 Å². The highest BCUT2D eigenvalue weighted by molar-refractivity contribution is 5.35. The zero-order chi connectivity index (χ0) is 15.9. The van der Waals surface area contributed by atoms with E-state index >= 15 is 0 Å². The van der Waals surface area contributed by atoms with E-state index in [9.17, 15) is 4.39 Å². The average Bonchev–Trinajstić information content (AvgIpc) is 2.60. The number of aryl methyl sites for hydroxylation is 1. The Kier molecular flexibility index (Phi) is 5.61. The smallest absolute Gasteiger partial charge is 0.165 e. The predicted octanol–water partition coefficient (Wildman–Crippen LogP) is 3.88. The molecule has 1 aliphatic rings. The van der Waals surface area contributed by atoms with E-state index in [0.29, 0.717) is 11.5 Å². The van der Waals surface area contributed by atoms with Crippen LogP contribution in [0.5, 0.6) is 11.5 Å². The van der Waals surface area contributed by atoms with E-state index in [-0.39, 0.29) is 5.82 Å². The number of benzene rings is 2. The molecule has 1 fully saturated rings. The van der Waals surface area contributed by atoms with Gasteiger partial charge in [0.15, 0.2) is 11.6 Å². The summed E-state index contributed by atoms with van der Waals surface area (Å²) < 4.78 is 24.9. The number of para-hydroxylation sites is 1. The van der Waals surface area contributed by atoms with Crippen LogP contribution < -0.4 is 4.74 Å². The van der Waals surface area contributed by atoms with Crippen molar-refractivity contribution < 1.29 is 13.9 Å². The summed E-state index contributed by atoms with van der Waals surface area (Å²) in [4.78, 5) is 2.41. The van der Waals surface area contributed by atoms with Gasteiger partial charge < -0.3 is 9.47 Å². The van der Waals surface area contributed by atoms with E-state index in [1.54, 1.807) is 0 Å². The second-order valence-corrected chi connectivity index (χ2v) is 5.74. The summed E-state index contributed by atoms with van der Waals surface area (Å²) in [6, 6.07) is 14.4. The Hall–Kier alpha value is -1.91. The van der Waals surface area contributed by atoms with Gasteiger partial charge in [-0.25, -0.2) is 4.39 Å². The second-order valence-electron chi connectivity index (χ2n) is 5.74. The normalized spacial score (nSPS) is 15.5. The molecule has 0 N–H and O–H groups in total. The summed E-state index contributed by atoms with van der Waals surface area (Å²) in [5.74, 6) is 0.614. The highest BCUT2D eigenvalue weighted by Crippen LogP contribution is 2.25. The third kappa shape index (κ3) is 4.78. The molecule has 0 aromatic heterocycles. The molecule has 1 heterocycles. The molecule has 23 heavy (non-hydrogen) atoms.